The second-order valence-corrected chi connectivity index (χ2v) is 9.64. The Kier molecular flexibility index (Phi) is 7.51. The Bertz CT molecular complexity index is 1190. The SMILES string of the molecule is O=C(/C=C/c1ccc(S(=O)(=O)N2CCOCC2)cc1)OCC(=O)N1CCC(c2ccccc2)=N1. The molecule has 178 valence electrons. The van der Waals surface area contributed by atoms with E-state index in [-0.39, 0.29) is 4.90 Å². The second kappa shape index (κ2) is 10.7. The molecule has 0 spiro atoms. The Hall–Kier alpha value is -3.34. The van der Waals surface area contributed by atoms with Gasteiger partial charge in [-0.15, -0.1) is 0 Å². The Morgan fingerprint density at radius 3 is 2.41 bits per heavy atom. The standard InChI is InChI=1S/C24H25N3O6S/c28-23(27-13-12-22(25-27)20-4-2-1-3-5-20)18-33-24(29)11-8-19-6-9-21(10-7-19)34(30,31)26-14-16-32-17-15-26/h1-11H,12-18H2/b11-8+. The Morgan fingerprint density at radius 2 is 1.71 bits per heavy atom. The van der Waals surface area contributed by atoms with E-state index in [1.165, 1.54) is 33.6 Å². The maximum absolute atomic E-state index is 12.7. The second-order valence-electron chi connectivity index (χ2n) is 7.71. The summed E-state index contributed by atoms with van der Waals surface area (Å²) in [4.78, 5) is 24.5. The van der Waals surface area contributed by atoms with E-state index in [9.17, 15) is 18.0 Å². The normalized spacial score (nSPS) is 17.1. The summed E-state index contributed by atoms with van der Waals surface area (Å²) in [5.41, 5.74) is 2.40. The molecule has 2 aromatic rings. The van der Waals surface area contributed by atoms with Gasteiger partial charge in [-0.1, -0.05) is 42.5 Å². The van der Waals surface area contributed by atoms with Crippen LogP contribution in [0.3, 0.4) is 0 Å². The molecule has 4 rings (SSSR count). The molecule has 9 nitrogen and oxygen atoms in total. The van der Waals surface area contributed by atoms with Gasteiger partial charge in [0.05, 0.1) is 30.4 Å². The largest absolute Gasteiger partial charge is 0.452 e. The van der Waals surface area contributed by atoms with Crippen molar-refractivity contribution in [3.63, 3.8) is 0 Å². The van der Waals surface area contributed by atoms with Crippen molar-refractivity contribution in [2.45, 2.75) is 11.3 Å². The van der Waals surface area contributed by atoms with Crippen molar-refractivity contribution in [3.8, 4) is 0 Å². The van der Waals surface area contributed by atoms with Gasteiger partial charge in [-0.25, -0.2) is 18.2 Å². The zero-order chi connectivity index (χ0) is 24.0. The van der Waals surface area contributed by atoms with Crippen molar-refractivity contribution in [2.24, 2.45) is 5.10 Å². The molecule has 0 N–H and O–H groups in total. The Labute approximate surface area is 198 Å². The van der Waals surface area contributed by atoms with Crippen molar-refractivity contribution in [3.05, 3.63) is 71.8 Å². The summed E-state index contributed by atoms with van der Waals surface area (Å²) in [6.07, 6.45) is 3.34. The van der Waals surface area contributed by atoms with Crippen LogP contribution in [0.15, 0.2) is 70.7 Å². The van der Waals surface area contributed by atoms with E-state index < -0.39 is 28.5 Å². The average Bonchev–Trinajstić information content (AvgIpc) is 3.38. The Morgan fingerprint density at radius 1 is 1.00 bits per heavy atom. The van der Waals surface area contributed by atoms with Crippen LogP contribution in [0.2, 0.25) is 0 Å². The van der Waals surface area contributed by atoms with E-state index in [1.54, 1.807) is 12.1 Å². The van der Waals surface area contributed by atoms with Crippen LogP contribution in [0, 0.1) is 0 Å². The maximum atomic E-state index is 12.7. The lowest BCUT2D eigenvalue weighted by atomic mass is 10.1. The fraction of sp³-hybridized carbons (Fsp3) is 0.292. The summed E-state index contributed by atoms with van der Waals surface area (Å²) in [6, 6.07) is 15.8. The number of benzene rings is 2. The first-order valence-electron chi connectivity index (χ1n) is 10.9. The maximum Gasteiger partial charge on any atom is 0.331 e. The van der Waals surface area contributed by atoms with Gasteiger partial charge in [0.25, 0.3) is 5.91 Å². The number of morpholine rings is 1. The number of ether oxygens (including phenoxy) is 2. The van der Waals surface area contributed by atoms with Gasteiger partial charge in [-0.3, -0.25) is 4.79 Å². The quantitative estimate of drug-likeness (QED) is 0.440. The topological polar surface area (TPSA) is 106 Å². The molecule has 0 unspecified atom stereocenters. The minimum atomic E-state index is -3.57. The van der Waals surface area contributed by atoms with E-state index in [0.29, 0.717) is 44.8 Å². The summed E-state index contributed by atoms with van der Waals surface area (Å²) in [7, 11) is -3.57. The molecule has 2 heterocycles. The highest BCUT2D eigenvalue weighted by Crippen LogP contribution is 2.18. The van der Waals surface area contributed by atoms with E-state index in [1.807, 2.05) is 30.3 Å². The molecule has 0 aromatic heterocycles. The van der Waals surface area contributed by atoms with Gasteiger partial charge in [0.1, 0.15) is 0 Å². The smallest absolute Gasteiger partial charge is 0.331 e. The fourth-order valence-electron chi connectivity index (χ4n) is 3.58. The van der Waals surface area contributed by atoms with Crippen LogP contribution < -0.4 is 0 Å². The van der Waals surface area contributed by atoms with Gasteiger partial charge in [0.15, 0.2) is 6.61 Å². The van der Waals surface area contributed by atoms with E-state index in [0.717, 1.165) is 11.3 Å². The number of hydrogen-bond donors (Lipinski definition) is 0. The summed E-state index contributed by atoms with van der Waals surface area (Å²) in [5, 5.41) is 5.64. The van der Waals surface area contributed by atoms with Crippen LogP contribution in [0.1, 0.15) is 17.5 Å². The third kappa shape index (κ3) is 5.77. The van der Waals surface area contributed by atoms with E-state index in [2.05, 4.69) is 5.10 Å². The van der Waals surface area contributed by atoms with Crippen LogP contribution in [-0.4, -0.2) is 74.8 Å². The number of carbonyl (C=O) groups is 2. The number of esters is 1. The first-order valence-corrected chi connectivity index (χ1v) is 12.3. The predicted molar refractivity (Wildman–Crippen MR) is 125 cm³/mol. The van der Waals surface area contributed by atoms with Crippen molar-refractivity contribution in [1.29, 1.82) is 0 Å². The van der Waals surface area contributed by atoms with Crippen LogP contribution in [0.5, 0.6) is 0 Å². The first-order chi connectivity index (χ1) is 16.4. The molecule has 0 saturated carbocycles. The van der Waals surface area contributed by atoms with Gasteiger partial charge in [-0.2, -0.15) is 9.41 Å². The van der Waals surface area contributed by atoms with Crippen molar-refractivity contribution >= 4 is 33.7 Å². The minimum Gasteiger partial charge on any atom is -0.452 e. The van der Waals surface area contributed by atoms with Crippen LogP contribution in [0.25, 0.3) is 6.08 Å². The molecule has 2 aromatic carbocycles. The van der Waals surface area contributed by atoms with E-state index >= 15 is 0 Å². The van der Waals surface area contributed by atoms with Crippen molar-refractivity contribution in [1.82, 2.24) is 9.31 Å². The number of amides is 1. The molecule has 1 amide bonds. The van der Waals surface area contributed by atoms with Gasteiger partial charge in [0, 0.05) is 25.6 Å². The number of nitrogens with zero attached hydrogens (tertiary/aromatic N) is 3. The summed E-state index contributed by atoms with van der Waals surface area (Å²) >= 11 is 0. The highest BCUT2D eigenvalue weighted by molar-refractivity contribution is 7.89. The molecule has 2 aliphatic heterocycles. The van der Waals surface area contributed by atoms with Gasteiger partial charge < -0.3 is 9.47 Å². The van der Waals surface area contributed by atoms with Gasteiger partial charge in [-0.05, 0) is 29.3 Å². The van der Waals surface area contributed by atoms with Crippen LogP contribution in [-0.2, 0) is 29.1 Å². The molecule has 0 bridgehead atoms. The van der Waals surface area contributed by atoms with Gasteiger partial charge in [0.2, 0.25) is 10.0 Å². The molecule has 34 heavy (non-hydrogen) atoms. The third-order valence-corrected chi connectivity index (χ3v) is 7.35. The highest BCUT2D eigenvalue weighted by Gasteiger charge is 2.26. The molecule has 0 atom stereocenters. The average molecular weight is 484 g/mol. The number of hydrazone groups is 1. The molecule has 0 aliphatic carbocycles. The summed E-state index contributed by atoms with van der Waals surface area (Å²) < 4.78 is 36.9. The zero-order valence-corrected chi connectivity index (χ0v) is 19.3. The molecule has 10 heteroatoms. The van der Waals surface area contributed by atoms with Gasteiger partial charge >= 0.3 is 5.97 Å². The minimum absolute atomic E-state index is 0.181. The molecule has 1 fully saturated rings. The van der Waals surface area contributed by atoms with Crippen molar-refractivity contribution < 1.29 is 27.5 Å². The van der Waals surface area contributed by atoms with Crippen LogP contribution >= 0.6 is 0 Å². The lowest BCUT2D eigenvalue weighted by Crippen LogP contribution is -2.40. The lowest BCUT2D eigenvalue weighted by Gasteiger charge is -2.26. The molecular formula is C24H25N3O6S. The molecule has 0 radical (unpaired) electrons. The third-order valence-electron chi connectivity index (χ3n) is 5.43. The zero-order valence-electron chi connectivity index (χ0n) is 18.5. The first kappa shape index (κ1) is 23.8. The summed E-state index contributed by atoms with van der Waals surface area (Å²) in [6.45, 7) is 1.43. The van der Waals surface area contributed by atoms with Crippen molar-refractivity contribution in [2.75, 3.05) is 39.5 Å². The number of sulfonamides is 1. The molecule has 1 saturated heterocycles. The number of rotatable bonds is 7. The number of hydrogen-bond acceptors (Lipinski definition) is 7. The highest BCUT2D eigenvalue weighted by atomic mass is 32.2. The number of carbonyl (C=O) groups excluding carboxylic acids is 2. The van der Waals surface area contributed by atoms with E-state index in [4.69, 9.17) is 9.47 Å². The van der Waals surface area contributed by atoms with Crippen LogP contribution in [0.4, 0.5) is 0 Å². The predicted octanol–water partition coefficient (Wildman–Crippen LogP) is 1.90. The summed E-state index contributed by atoms with van der Waals surface area (Å²) in [5.74, 6) is -1.07. The lowest BCUT2D eigenvalue weighted by molar-refractivity contribution is -0.147. The monoisotopic (exact) mass is 483 g/mol. The fourth-order valence-corrected chi connectivity index (χ4v) is 4.99. The Balaban J connectivity index is 1.28. The molecular weight excluding hydrogens is 458 g/mol. The molecule has 2 aliphatic rings.